The zero-order valence-corrected chi connectivity index (χ0v) is 10.5. The van der Waals surface area contributed by atoms with Gasteiger partial charge in [0.2, 0.25) is 0 Å². The average molecular weight is 246 g/mol. The van der Waals surface area contributed by atoms with E-state index in [0.29, 0.717) is 16.4 Å². The molecule has 0 saturated carbocycles. The van der Waals surface area contributed by atoms with Crippen LogP contribution in [0.3, 0.4) is 0 Å². The largest absolute Gasteiger partial charge is 0.337 e. The van der Waals surface area contributed by atoms with Crippen LogP contribution in [0.25, 0.3) is 0 Å². The zero-order valence-electron chi connectivity index (χ0n) is 9.72. The summed E-state index contributed by atoms with van der Waals surface area (Å²) in [5.74, 6) is 0.0404. The van der Waals surface area contributed by atoms with Gasteiger partial charge in [0.1, 0.15) is 0 Å². The van der Waals surface area contributed by atoms with Gasteiger partial charge in [-0.2, -0.15) is 17.0 Å². The Bertz CT molecular complexity index is 467. The lowest BCUT2D eigenvalue weighted by atomic mass is 10.1. The van der Waals surface area contributed by atoms with Gasteiger partial charge in [0.25, 0.3) is 5.91 Å². The average Bonchev–Trinajstić information content (AvgIpc) is 2.86. The van der Waals surface area contributed by atoms with Crippen molar-refractivity contribution >= 4 is 17.7 Å². The normalized spacial score (nSPS) is 19.1. The van der Waals surface area contributed by atoms with E-state index in [9.17, 15) is 4.79 Å². The van der Waals surface area contributed by atoms with Crippen LogP contribution in [-0.2, 0) is 0 Å². The number of carbonyl (C=O) groups is 1. The second kappa shape index (κ2) is 5.24. The molecule has 1 amide bonds. The molecule has 4 heteroatoms. The summed E-state index contributed by atoms with van der Waals surface area (Å²) in [4.78, 5) is 14.1. The van der Waals surface area contributed by atoms with Crippen molar-refractivity contribution in [1.82, 2.24) is 4.90 Å². The molecule has 88 valence electrons. The van der Waals surface area contributed by atoms with Crippen LogP contribution >= 0.6 is 11.8 Å². The first-order valence-electron chi connectivity index (χ1n) is 5.57. The van der Waals surface area contributed by atoms with Crippen LogP contribution in [0, 0.1) is 11.3 Å². The number of benzene rings is 1. The number of hydrogen-bond acceptors (Lipinski definition) is 3. The first kappa shape index (κ1) is 12.0. The van der Waals surface area contributed by atoms with Crippen LogP contribution in [0.5, 0.6) is 0 Å². The highest BCUT2D eigenvalue weighted by Crippen LogP contribution is 2.21. The fraction of sp³-hybridized carbons (Fsp3) is 0.385. The zero-order chi connectivity index (χ0) is 12.3. The van der Waals surface area contributed by atoms with Crippen LogP contribution < -0.4 is 0 Å². The van der Waals surface area contributed by atoms with Gasteiger partial charge >= 0.3 is 0 Å². The molecule has 3 nitrogen and oxygen atoms in total. The van der Waals surface area contributed by atoms with Crippen molar-refractivity contribution < 1.29 is 4.79 Å². The van der Waals surface area contributed by atoms with Crippen molar-refractivity contribution in [2.24, 2.45) is 0 Å². The Morgan fingerprint density at radius 2 is 2.41 bits per heavy atom. The van der Waals surface area contributed by atoms with Gasteiger partial charge in [0.15, 0.2) is 0 Å². The molecule has 0 radical (unpaired) electrons. The Morgan fingerprint density at radius 3 is 3.06 bits per heavy atom. The Labute approximate surface area is 105 Å². The third-order valence-electron chi connectivity index (χ3n) is 3.00. The van der Waals surface area contributed by atoms with Gasteiger partial charge in [-0.1, -0.05) is 6.07 Å². The molecule has 1 saturated heterocycles. The molecule has 1 heterocycles. The molecule has 1 aliphatic heterocycles. The lowest BCUT2D eigenvalue weighted by Gasteiger charge is -2.16. The van der Waals surface area contributed by atoms with Gasteiger partial charge in [-0.3, -0.25) is 4.79 Å². The molecule has 1 aromatic carbocycles. The fourth-order valence-corrected chi connectivity index (χ4v) is 2.68. The molecule has 0 aliphatic carbocycles. The third-order valence-corrected chi connectivity index (χ3v) is 4.06. The summed E-state index contributed by atoms with van der Waals surface area (Å²) < 4.78 is 0. The van der Waals surface area contributed by atoms with Crippen molar-refractivity contribution in [2.75, 3.05) is 19.3 Å². The summed E-state index contributed by atoms with van der Waals surface area (Å²) in [6.07, 6.45) is 3.14. The van der Waals surface area contributed by atoms with E-state index in [2.05, 4.69) is 12.3 Å². The van der Waals surface area contributed by atoms with E-state index in [1.54, 1.807) is 24.3 Å². The van der Waals surface area contributed by atoms with E-state index in [1.807, 2.05) is 16.7 Å². The predicted octanol–water partition coefficient (Wildman–Crippen LogP) is 2.14. The summed E-state index contributed by atoms with van der Waals surface area (Å²) in [6, 6.07) is 8.96. The molecule has 2 rings (SSSR count). The first-order chi connectivity index (χ1) is 8.24. The number of amides is 1. The van der Waals surface area contributed by atoms with Crippen LogP contribution in [0.2, 0.25) is 0 Å². The van der Waals surface area contributed by atoms with Gasteiger partial charge in [-0.15, -0.1) is 0 Å². The predicted molar refractivity (Wildman–Crippen MR) is 69.0 cm³/mol. The number of carbonyl (C=O) groups excluding carboxylic acids is 1. The number of nitrogens with zero attached hydrogens (tertiary/aromatic N) is 2. The molecular formula is C13H14N2OS. The maximum Gasteiger partial charge on any atom is 0.253 e. The fourth-order valence-electron chi connectivity index (χ4n) is 2.01. The smallest absolute Gasteiger partial charge is 0.253 e. The molecule has 0 unspecified atom stereocenters. The minimum Gasteiger partial charge on any atom is -0.337 e. The van der Waals surface area contributed by atoms with E-state index in [4.69, 9.17) is 5.26 Å². The highest BCUT2D eigenvalue weighted by Gasteiger charge is 2.26. The van der Waals surface area contributed by atoms with E-state index in [0.717, 1.165) is 19.5 Å². The molecular weight excluding hydrogens is 232 g/mol. The second-order valence-electron chi connectivity index (χ2n) is 4.09. The van der Waals surface area contributed by atoms with Crippen molar-refractivity contribution in [2.45, 2.75) is 11.7 Å². The molecule has 0 spiro atoms. The van der Waals surface area contributed by atoms with E-state index < -0.39 is 0 Å². The SMILES string of the molecule is CS[C@@H]1CCN(C(=O)c2cccc(C#N)c2)C1. The lowest BCUT2D eigenvalue weighted by Crippen LogP contribution is -2.29. The Morgan fingerprint density at radius 1 is 1.59 bits per heavy atom. The maximum atomic E-state index is 12.2. The third kappa shape index (κ3) is 2.62. The molecule has 0 N–H and O–H groups in total. The molecule has 17 heavy (non-hydrogen) atoms. The van der Waals surface area contributed by atoms with E-state index in [-0.39, 0.29) is 5.91 Å². The Kier molecular flexibility index (Phi) is 3.70. The van der Waals surface area contributed by atoms with Gasteiger partial charge in [0, 0.05) is 23.9 Å². The summed E-state index contributed by atoms with van der Waals surface area (Å²) in [6.45, 7) is 1.64. The number of rotatable bonds is 2. The van der Waals surface area contributed by atoms with Crippen LogP contribution in [0.15, 0.2) is 24.3 Å². The minimum absolute atomic E-state index is 0.0404. The van der Waals surface area contributed by atoms with Crippen molar-refractivity contribution in [3.8, 4) is 6.07 Å². The molecule has 1 aliphatic rings. The number of thioether (sulfide) groups is 1. The quantitative estimate of drug-likeness (QED) is 0.803. The Balaban J connectivity index is 2.12. The summed E-state index contributed by atoms with van der Waals surface area (Å²) >= 11 is 1.81. The molecule has 1 fully saturated rings. The van der Waals surface area contributed by atoms with Crippen molar-refractivity contribution in [3.63, 3.8) is 0 Å². The molecule has 1 aromatic rings. The topological polar surface area (TPSA) is 44.1 Å². The summed E-state index contributed by atoms with van der Waals surface area (Å²) in [7, 11) is 0. The number of hydrogen-bond donors (Lipinski definition) is 0. The first-order valence-corrected chi connectivity index (χ1v) is 6.85. The van der Waals surface area contributed by atoms with E-state index in [1.165, 1.54) is 0 Å². The monoisotopic (exact) mass is 246 g/mol. The Hall–Kier alpha value is -1.47. The lowest BCUT2D eigenvalue weighted by molar-refractivity contribution is 0.0793. The van der Waals surface area contributed by atoms with Crippen LogP contribution in [0.4, 0.5) is 0 Å². The highest BCUT2D eigenvalue weighted by molar-refractivity contribution is 7.99. The van der Waals surface area contributed by atoms with Gasteiger partial charge in [-0.25, -0.2) is 0 Å². The summed E-state index contributed by atoms with van der Waals surface area (Å²) in [5, 5.41) is 9.36. The van der Waals surface area contributed by atoms with Gasteiger partial charge in [-0.05, 0) is 30.9 Å². The minimum atomic E-state index is 0.0404. The van der Waals surface area contributed by atoms with Gasteiger partial charge < -0.3 is 4.90 Å². The van der Waals surface area contributed by atoms with Crippen molar-refractivity contribution in [1.29, 1.82) is 5.26 Å². The highest BCUT2D eigenvalue weighted by atomic mass is 32.2. The van der Waals surface area contributed by atoms with Crippen LogP contribution in [0.1, 0.15) is 22.3 Å². The molecule has 1 atom stereocenters. The van der Waals surface area contributed by atoms with E-state index >= 15 is 0 Å². The number of likely N-dealkylation sites (tertiary alicyclic amines) is 1. The molecule has 0 bridgehead atoms. The number of nitriles is 1. The second-order valence-corrected chi connectivity index (χ2v) is 5.23. The maximum absolute atomic E-state index is 12.2. The standard InChI is InChI=1S/C13H14N2OS/c1-17-12-5-6-15(9-12)13(16)11-4-2-3-10(7-11)8-14/h2-4,7,12H,5-6,9H2,1H3/t12-/m1/s1. The molecule has 0 aromatic heterocycles. The van der Waals surface area contributed by atoms with Crippen molar-refractivity contribution in [3.05, 3.63) is 35.4 Å². The van der Waals surface area contributed by atoms with Gasteiger partial charge in [0.05, 0.1) is 11.6 Å². The summed E-state index contributed by atoms with van der Waals surface area (Å²) in [5.41, 5.74) is 1.15. The van der Waals surface area contributed by atoms with Crippen LogP contribution in [-0.4, -0.2) is 35.4 Å².